The second-order valence-corrected chi connectivity index (χ2v) is 5.66. The number of nitrogens with zero attached hydrogens (tertiary/aromatic N) is 2. The molecule has 5 nitrogen and oxygen atoms in total. The van der Waals surface area contributed by atoms with Crippen LogP contribution in [0.3, 0.4) is 0 Å². The predicted molar refractivity (Wildman–Crippen MR) is 83.8 cm³/mol. The van der Waals surface area contributed by atoms with Crippen LogP contribution < -0.4 is 10.3 Å². The van der Waals surface area contributed by atoms with Gasteiger partial charge in [0, 0.05) is 17.8 Å². The highest BCUT2D eigenvalue weighted by atomic mass is 16.5. The van der Waals surface area contributed by atoms with Crippen molar-refractivity contribution in [3.8, 4) is 5.75 Å². The monoisotopic (exact) mass is 296 g/mol. The average Bonchev–Trinajstić information content (AvgIpc) is 2.45. The molecule has 1 aromatic carbocycles. The summed E-state index contributed by atoms with van der Waals surface area (Å²) in [6, 6.07) is 10.1. The first-order valence-corrected chi connectivity index (χ1v) is 7.00. The van der Waals surface area contributed by atoms with Gasteiger partial charge in [-0.3, -0.25) is 14.2 Å². The minimum Gasteiger partial charge on any atom is -0.466 e. The number of rotatable bonds is 1. The highest BCUT2D eigenvalue weighted by Crippen LogP contribution is 2.31. The van der Waals surface area contributed by atoms with Crippen LogP contribution in [0.4, 0.5) is 0 Å². The van der Waals surface area contributed by atoms with Gasteiger partial charge in [-0.05, 0) is 45.0 Å². The third-order valence-corrected chi connectivity index (χ3v) is 3.41. The lowest BCUT2D eigenvalue weighted by molar-refractivity contribution is 0.101. The Hall–Kier alpha value is -2.69. The molecule has 0 fully saturated rings. The topological polar surface area (TPSA) is 60.7 Å². The first-order chi connectivity index (χ1) is 10.4. The van der Waals surface area contributed by atoms with Gasteiger partial charge in [-0.25, -0.2) is 4.99 Å². The van der Waals surface area contributed by atoms with E-state index in [1.54, 1.807) is 36.5 Å². The third kappa shape index (κ3) is 2.45. The zero-order valence-corrected chi connectivity index (χ0v) is 12.7. The number of benzene rings is 1. The Kier molecular flexibility index (Phi) is 3.20. The Morgan fingerprint density at radius 3 is 2.68 bits per heavy atom. The van der Waals surface area contributed by atoms with Crippen molar-refractivity contribution in [2.75, 3.05) is 0 Å². The minimum absolute atomic E-state index is 0.0487. The summed E-state index contributed by atoms with van der Waals surface area (Å²) in [6.07, 6.45) is 1.66. The Bertz CT molecular complexity index is 847. The van der Waals surface area contributed by atoms with Gasteiger partial charge in [0.15, 0.2) is 11.5 Å². The molecule has 0 atom stereocenters. The minimum atomic E-state index is -0.782. The van der Waals surface area contributed by atoms with Crippen molar-refractivity contribution < 1.29 is 9.53 Å². The zero-order valence-electron chi connectivity index (χ0n) is 12.7. The second-order valence-electron chi connectivity index (χ2n) is 5.66. The summed E-state index contributed by atoms with van der Waals surface area (Å²) in [5, 5.41) is 0. The molecule has 0 unspecified atom stereocenters. The molecular weight excluding hydrogens is 280 g/mol. The molecule has 0 radical (unpaired) electrons. The van der Waals surface area contributed by atoms with Gasteiger partial charge in [-0.2, -0.15) is 0 Å². The van der Waals surface area contributed by atoms with E-state index in [2.05, 4.69) is 4.99 Å². The molecule has 0 N–H and O–H groups in total. The lowest BCUT2D eigenvalue weighted by Crippen LogP contribution is -2.37. The molecule has 0 bridgehead atoms. The summed E-state index contributed by atoms with van der Waals surface area (Å²) in [6.45, 7) is 5.15. The van der Waals surface area contributed by atoms with E-state index in [0.29, 0.717) is 22.7 Å². The number of carbonyl (C=O) groups is 1. The van der Waals surface area contributed by atoms with Crippen molar-refractivity contribution in [1.82, 2.24) is 4.57 Å². The number of carbonyl (C=O) groups excluding carboxylic acids is 1. The molecule has 5 heteroatoms. The maximum absolute atomic E-state index is 12.1. The number of hydrogen-bond donors (Lipinski definition) is 0. The van der Waals surface area contributed by atoms with Crippen molar-refractivity contribution in [1.29, 1.82) is 0 Å². The van der Waals surface area contributed by atoms with E-state index in [1.807, 2.05) is 13.8 Å². The Labute approximate surface area is 127 Å². The van der Waals surface area contributed by atoms with E-state index in [4.69, 9.17) is 4.74 Å². The molecule has 3 rings (SSSR count). The smallest absolute Gasteiger partial charge is 0.256 e. The van der Waals surface area contributed by atoms with E-state index in [-0.39, 0.29) is 11.3 Å². The van der Waals surface area contributed by atoms with Crippen molar-refractivity contribution >= 4 is 11.6 Å². The fraction of sp³-hybridized carbons (Fsp3) is 0.235. The van der Waals surface area contributed by atoms with E-state index in [1.165, 1.54) is 17.6 Å². The quantitative estimate of drug-likeness (QED) is 0.760. The fourth-order valence-electron chi connectivity index (χ4n) is 2.41. The highest BCUT2D eigenvalue weighted by molar-refractivity contribution is 6.06. The standard InChI is InChI=1S/C17H16N2O3/c1-11(20)12-7-8-14-13(10-12)16(18-17(2,3)22-14)19-9-5-4-6-15(19)21/h4-10H,1-3H3. The molecule has 0 saturated carbocycles. The number of ether oxygens (including phenoxy) is 1. The van der Waals surface area contributed by atoms with Crippen LogP contribution in [0, 0.1) is 0 Å². The van der Waals surface area contributed by atoms with Crippen LogP contribution in [0.2, 0.25) is 0 Å². The van der Waals surface area contributed by atoms with Crippen molar-refractivity contribution in [3.05, 3.63) is 64.1 Å². The zero-order chi connectivity index (χ0) is 15.9. The van der Waals surface area contributed by atoms with E-state index >= 15 is 0 Å². The van der Waals surface area contributed by atoms with Gasteiger partial charge in [0.25, 0.3) is 5.56 Å². The third-order valence-electron chi connectivity index (χ3n) is 3.41. The fourth-order valence-corrected chi connectivity index (χ4v) is 2.41. The normalized spacial score (nSPS) is 15.5. The van der Waals surface area contributed by atoms with Gasteiger partial charge >= 0.3 is 0 Å². The second kappa shape index (κ2) is 4.94. The molecule has 0 aliphatic carbocycles. The van der Waals surface area contributed by atoms with Gasteiger partial charge in [0.05, 0.1) is 5.56 Å². The Balaban J connectivity index is 2.27. The van der Waals surface area contributed by atoms with Crippen LogP contribution >= 0.6 is 0 Å². The molecule has 22 heavy (non-hydrogen) atoms. The number of fused-ring (bicyclic) bond motifs is 1. The van der Waals surface area contributed by atoms with Crippen LogP contribution in [0.25, 0.3) is 0 Å². The van der Waals surface area contributed by atoms with Gasteiger partial charge in [0.2, 0.25) is 0 Å². The molecule has 112 valence electrons. The predicted octanol–water partition coefficient (Wildman–Crippen LogP) is 2.47. The molecule has 0 amide bonds. The number of pyridine rings is 1. The number of Topliss-reactive ketones (excluding diaryl/α,β-unsaturated/α-hetero) is 1. The van der Waals surface area contributed by atoms with Crippen molar-refractivity contribution in [2.24, 2.45) is 4.99 Å². The largest absolute Gasteiger partial charge is 0.466 e. The first kappa shape index (κ1) is 14.3. The van der Waals surface area contributed by atoms with Crippen molar-refractivity contribution in [2.45, 2.75) is 26.5 Å². The van der Waals surface area contributed by atoms with E-state index in [9.17, 15) is 9.59 Å². The van der Waals surface area contributed by atoms with Gasteiger partial charge in [-0.15, -0.1) is 0 Å². The maximum Gasteiger partial charge on any atom is 0.256 e. The van der Waals surface area contributed by atoms with Gasteiger partial charge in [0.1, 0.15) is 11.6 Å². The SMILES string of the molecule is CC(=O)c1ccc2c(c1)C(n1ccccc1=O)=NC(C)(C)O2. The molecule has 1 aliphatic heterocycles. The molecule has 2 heterocycles. The van der Waals surface area contributed by atoms with Gasteiger partial charge in [-0.1, -0.05) is 6.07 Å². The maximum atomic E-state index is 12.1. The molecule has 1 aromatic heterocycles. The average molecular weight is 296 g/mol. The Morgan fingerprint density at radius 1 is 1.23 bits per heavy atom. The van der Waals surface area contributed by atoms with E-state index in [0.717, 1.165) is 0 Å². The van der Waals surface area contributed by atoms with Crippen LogP contribution in [0.1, 0.15) is 36.7 Å². The number of hydrogen-bond acceptors (Lipinski definition) is 4. The Morgan fingerprint density at radius 2 is 2.00 bits per heavy atom. The number of aromatic nitrogens is 1. The molecule has 1 aliphatic rings. The molecular formula is C17H16N2O3. The number of aliphatic imine (C=N–C) groups is 1. The van der Waals surface area contributed by atoms with Crippen LogP contribution in [-0.2, 0) is 0 Å². The summed E-state index contributed by atoms with van der Waals surface area (Å²) in [4.78, 5) is 28.3. The van der Waals surface area contributed by atoms with Crippen LogP contribution in [0.15, 0.2) is 52.4 Å². The summed E-state index contributed by atoms with van der Waals surface area (Å²) in [5.41, 5.74) is 0.229. The lowest BCUT2D eigenvalue weighted by atomic mass is 10.0. The highest BCUT2D eigenvalue weighted by Gasteiger charge is 2.29. The summed E-state index contributed by atoms with van der Waals surface area (Å²) in [7, 11) is 0. The summed E-state index contributed by atoms with van der Waals surface area (Å²) >= 11 is 0. The summed E-state index contributed by atoms with van der Waals surface area (Å²) in [5.74, 6) is 1.04. The molecule has 0 spiro atoms. The van der Waals surface area contributed by atoms with Crippen LogP contribution in [-0.4, -0.2) is 21.9 Å². The van der Waals surface area contributed by atoms with Gasteiger partial charge < -0.3 is 4.74 Å². The molecule has 2 aromatic rings. The number of ketones is 1. The molecule has 0 saturated heterocycles. The lowest BCUT2D eigenvalue weighted by Gasteiger charge is -2.30. The van der Waals surface area contributed by atoms with Crippen LogP contribution in [0.5, 0.6) is 5.75 Å². The van der Waals surface area contributed by atoms with Crippen molar-refractivity contribution in [3.63, 3.8) is 0 Å². The summed E-state index contributed by atoms with van der Waals surface area (Å²) < 4.78 is 7.30. The van der Waals surface area contributed by atoms with E-state index < -0.39 is 5.72 Å². The first-order valence-electron chi connectivity index (χ1n) is 7.00.